The van der Waals surface area contributed by atoms with Crippen molar-refractivity contribution >= 4 is 11.6 Å². The number of hydrogen-bond donors (Lipinski definition) is 0. The molecule has 0 atom stereocenters. The summed E-state index contributed by atoms with van der Waals surface area (Å²) < 4.78 is 52.7. The first kappa shape index (κ1) is 11.9. The summed E-state index contributed by atoms with van der Waals surface area (Å²) in [7, 11) is 0. The number of benzene rings is 2. The van der Waals surface area contributed by atoms with Crippen LogP contribution >= 0.6 is 11.6 Å². The molecule has 2 rings (SSSR count). The zero-order valence-corrected chi connectivity index (χ0v) is 9.03. The van der Waals surface area contributed by atoms with Crippen LogP contribution < -0.4 is 0 Å². The average molecular weight is 261 g/mol. The van der Waals surface area contributed by atoms with E-state index in [9.17, 15) is 17.6 Å². The largest absolute Gasteiger partial charge is 0.206 e. The molecule has 0 aromatic heterocycles. The Morgan fingerprint density at radius 1 is 0.765 bits per heavy atom. The highest BCUT2D eigenvalue weighted by molar-refractivity contribution is 6.33. The van der Waals surface area contributed by atoms with Crippen molar-refractivity contribution in [2.24, 2.45) is 0 Å². The van der Waals surface area contributed by atoms with Crippen molar-refractivity contribution in [3.63, 3.8) is 0 Å². The second kappa shape index (κ2) is 4.37. The van der Waals surface area contributed by atoms with Crippen LogP contribution in [0, 0.1) is 23.3 Å². The van der Waals surface area contributed by atoms with Gasteiger partial charge in [0.15, 0.2) is 17.5 Å². The van der Waals surface area contributed by atoms with Crippen LogP contribution in [0.5, 0.6) is 0 Å². The topological polar surface area (TPSA) is 0 Å². The van der Waals surface area contributed by atoms with Crippen LogP contribution in [0.1, 0.15) is 0 Å². The van der Waals surface area contributed by atoms with E-state index in [2.05, 4.69) is 0 Å². The van der Waals surface area contributed by atoms with E-state index in [1.54, 1.807) is 0 Å². The fraction of sp³-hybridized carbons (Fsp3) is 0. The Bertz CT molecular complexity index is 561. The molecule has 0 spiro atoms. The summed E-state index contributed by atoms with van der Waals surface area (Å²) in [5.74, 6) is -5.25. The lowest BCUT2D eigenvalue weighted by molar-refractivity contribution is 0.448. The molecular formula is C12H5ClF4. The molecule has 0 aliphatic rings. The van der Waals surface area contributed by atoms with Gasteiger partial charge in [-0.25, -0.2) is 17.6 Å². The van der Waals surface area contributed by atoms with Crippen molar-refractivity contribution in [3.8, 4) is 11.1 Å². The molecule has 17 heavy (non-hydrogen) atoms. The Labute approximate surface area is 99.5 Å². The molecule has 0 bridgehead atoms. The first-order valence-corrected chi connectivity index (χ1v) is 4.98. The van der Waals surface area contributed by atoms with Crippen LogP contribution in [0.2, 0.25) is 5.02 Å². The molecule has 0 aliphatic carbocycles. The Morgan fingerprint density at radius 3 is 2.12 bits per heavy atom. The minimum atomic E-state index is -1.65. The molecule has 0 radical (unpaired) electrons. The smallest absolute Gasteiger partial charge is 0.195 e. The Balaban J connectivity index is 2.74. The molecular weight excluding hydrogens is 256 g/mol. The van der Waals surface area contributed by atoms with Gasteiger partial charge in [0.05, 0.1) is 5.02 Å². The Hall–Kier alpha value is -1.55. The normalized spacial score (nSPS) is 10.6. The van der Waals surface area contributed by atoms with Crippen LogP contribution in [-0.2, 0) is 0 Å². The first-order valence-electron chi connectivity index (χ1n) is 4.60. The van der Waals surface area contributed by atoms with Gasteiger partial charge in [0.2, 0.25) is 0 Å². The fourth-order valence-corrected chi connectivity index (χ4v) is 1.74. The zero-order chi connectivity index (χ0) is 12.6. The first-order chi connectivity index (χ1) is 8.02. The van der Waals surface area contributed by atoms with E-state index in [4.69, 9.17) is 11.6 Å². The Morgan fingerprint density at radius 2 is 1.47 bits per heavy atom. The third-order valence-corrected chi connectivity index (χ3v) is 2.58. The van der Waals surface area contributed by atoms with E-state index in [0.717, 1.165) is 18.2 Å². The van der Waals surface area contributed by atoms with Gasteiger partial charge in [0.25, 0.3) is 0 Å². The second-order valence-corrected chi connectivity index (χ2v) is 3.73. The average Bonchev–Trinajstić information content (AvgIpc) is 2.29. The SMILES string of the molecule is Fc1ccc(-c2c(F)cccc2Cl)c(F)c1F. The number of hydrogen-bond acceptors (Lipinski definition) is 0. The quantitative estimate of drug-likeness (QED) is 0.521. The van der Waals surface area contributed by atoms with Gasteiger partial charge in [-0.3, -0.25) is 0 Å². The lowest BCUT2D eigenvalue weighted by Crippen LogP contribution is -1.96. The van der Waals surface area contributed by atoms with Gasteiger partial charge in [-0.05, 0) is 24.3 Å². The van der Waals surface area contributed by atoms with Crippen LogP contribution in [0.4, 0.5) is 17.6 Å². The lowest BCUT2D eigenvalue weighted by atomic mass is 10.0. The maximum Gasteiger partial charge on any atom is 0.195 e. The molecule has 2 aromatic rings. The van der Waals surface area contributed by atoms with Crippen molar-refractivity contribution in [2.75, 3.05) is 0 Å². The predicted octanol–water partition coefficient (Wildman–Crippen LogP) is 4.56. The highest BCUT2D eigenvalue weighted by atomic mass is 35.5. The molecule has 0 N–H and O–H groups in total. The van der Waals surface area contributed by atoms with Gasteiger partial charge >= 0.3 is 0 Å². The van der Waals surface area contributed by atoms with Crippen molar-refractivity contribution in [2.45, 2.75) is 0 Å². The molecule has 0 fully saturated rings. The Kier molecular flexibility index (Phi) is 3.07. The van der Waals surface area contributed by atoms with E-state index in [-0.39, 0.29) is 10.6 Å². The second-order valence-electron chi connectivity index (χ2n) is 3.32. The van der Waals surface area contributed by atoms with Gasteiger partial charge in [0.1, 0.15) is 5.82 Å². The zero-order valence-electron chi connectivity index (χ0n) is 8.28. The molecule has 0 aliphatic heterocycles. The van der Waals surface area contributed by atoms with E-state index in [0.29, 0.717) is 0 Å². The van der Waals surface area contributed by atoms with E-state index in [1.807, 2.05) is 0 Å². The molecule has 2 aromatic carbocycles. The summed E-state index contributed by atoms with van der Waals surface area (Å²) in [5.41, 5.74) is -0.697. The lowest BCUT2D eigenvalue weighted by Gasteiger charge is -2.08. The third-order valence-electron chi connectivity index (χ3n) is 2.27. The monoisotopic (exact) mass is 260 g/mol. The minimum absolute atomic E-state index is 0.0742. The number of halogens is 5. The molecule has 88 valence electrons. The van der Waals surface area contributed by atoms with E-state index < -0.39 is 28.8 Å². The van der Waals surface area contributed by atoms with Crippen molar-refractivity contribution < 1.29 is 17.6 Å². The van der Waals surface area contributed by atoms with Crippen molar-refractivity contribution in [1.82, 2.24) is 0 Å². The van der Waals surface area contributed by atoms with Gasteiger partial charge in [-0.1, -0.05) is 17.7 Å². The fourth-order valence-electron chi connectivity index (χ4n) is 1.47. The van der Waals surface area contributed by atoms with Crippen LogP contribution in [-0.4, -0.2) is 0 Å². The molecule has 0 heterocycles. The summed E-state index contributed by atoms with van der Waals surface area (Å²) in [5, 5.41) is -0.0742. The summed E-state index contributed by atoms with van der Waals surface area (Å²) in [6.07, 6.45) is 0. The van der Waals surface area contributed by atoms with E-state index >= 15 is 0 Å². The van der Waals surface area contributed by atoms with Gasteiger partial charge in [-0.2, -0.15) is 0 Å². The summed E-state index contributed by atoms with van der Waals surface area (Å²) >= 11 is 5.71. The summed E-state index contributed by atoms with van der Waals surface area (Å²) in [4.78, 5) is 0. The predicted molar refractivity (Wildman–Crippen MR) is 56.7 cm³/mol. The van der Waals surface area contributed by atoms with Crippen LogP contribution in [0.3, 0.4) is 0 Å². The summed E-state index contributed by atoms with van der Waals surface area (Å²) in [6, 6.07) is 5.39. The van der Waals surface area contributed by atoms with Crippen LogP contribution in [0.15, 0.2) is 30.3 Å². The minimum Gasteiger partial charge on any atom is -0.206 e. The molecule has 0 unspecified atom stereocenters. The highest BCUT2D eigenvalue weighted by Gasteiger charge is 2.19. The summed E-state index contributed by atoms with van der Waals surface area (Å²) in [6.45, 7) is 0. The molecule has 0 saturated heterocycles. The molecule has 0 saturated carbocycles. The van der Waals surface area contributed by atoms with Gasteiger partial charge < -0.3 is 0 Å². The highest BCUT2D eigenvalue weighted by Crippen LogP contribution is 2.33. The molecule has 0 nitrogen and oxygen atoms in total. The van der Waals surface area contributed by atoms with Crippen molar-refractivity contribution in [3.05, 3.63) is 58.6 Å². The number of rotatable bonds is 1. The van der Waals surface area contributed by atoms with Crippen LogP contribution in [0.25, 0.3) is 11.1 Å². The van der Waals surface area contributed by atoms with E-state index in [1.165, 1.54) is 12.1 Å². The maximum absolute atomic E-state index is 13.5. The van der Waals surface area contributed by atoms with Gasteiger partial charge in [0, 0.05) is 11.1 Å². The van der Waals surface area contributed by atoms with Gasteiger partial charge in [-0.15, -0.1) is 0 Å². The standard InChI is InChI=1S/C12H5ClF4/c13-7-2-1-3-8(14)10(7)6-4-5-9(15)12(17)11(6)16/h1-5H. The molecule has 5 heteroatoms. The maximum atomic E-state index is 13.5. The third kappa shape index (κ3) is 2.00. The molecule has 0 amide bonds. The van der Waals surface area contributed by atoms with Crippen molar-refractivity contribution in [1.29, 1.82) is 0 Å².